The number of rotatable bonds is 6. The number of halogens is 1. The number of carbonyl (C=O) groups excluding carboxylic acids is 1. The van der Waals surface area contributed by atoms with Gasteiger partial charge in [0.1, 0.15) is 0 Å². The van der Waals surface area contributed by atoms with E-state index in [1.807, 2.05) is 4.68 Å². The zero-order valence-electron chi connectivity index (χ0n) is 16.2. The van der Waals surface area contributed by atoms with E-state index in [1.54, 1.807) is 6.20 Å². The van der Waals surface area contributed by atoms with E-state index in [4.69, 9.17) is 0 Å². The molecule has 1 atom stereocenters. The molecule has 2 N–H and O–H groups in total. The van der Waals surface area contributed by atoms with Gasteiger partial charge in [0.15, 0.2) is 5.69 Å². The van der Waals surface area contributed by atoms with Crippen molar-refractivity contribution in [2.24, 2.45) is 11.3 Å². The summed E-state index contributed by atoms with van der Waals surface area (Å²) in [5, 5.41) is 14.8. The Morgan fingerprint density at radius 2 is 1.96 bits per heavy atom. The topological polar surface area (TPSA) is 71.8 Å². The molecule has 2 heterocycles. The summed E-state index contributed by atoms with van der Waals surface area (Å²) < 4.78 is 1.86. The van der Waals surface area contributed by atoms with Crippen molar-refractivity contribution in [2.75, 3.05) is 13.1 Å². The van der Waals surface area contributed by atoms with Gasteiger partial charge in [-0.25, -0.2) is 4.68 Å². The molecule has 0 aliphatic carbocycles. The van der Waals surface area contributed by atoms with Gasteiger partial charge in [-0.3, -0.25) is 4.79 Å². The summed E-state index contributed by atoms with van der Waals surface area (Å²) in [6.07, 6.45) is 5.94. The molecule has 144 valence electrons. The van der Waals surface area contributed by atoms with Crippen molar-refractivity contribution >= 4 is 18.3 Å². The zero-order valence-corrected chi connectivity index (χ0v) is 17.0. The Balaban J connectivity index is 0.00000312. The minimum absolute atomic E-state index is 0. The minimum atomic E-state index is -0.112. The van der Waals surface area contributed by atoms with E-state index in [9.17, 15) is 4.79 Å². The van der Waals surface area contributed by atoms with Crippen LogP contribution < -0.4 is 10.6 Å². The van der Waals surface area contributed by atoms with Crippen molar-refractivity contribution in [3.8, 4) is 0 Å². The second-order valence-corrected chi connectivity index (χ2v) is 8.43. The van der Waals surface area contributed by atoms with E-state index < -0.39 is 0 Å². The Bertz CT molecular complexity index is 532. The Hall–Kier alpha value is -1.14. The summed E-state index contributed by atoms with van der Waals surface area (Å²) in [6, 6.07) is 0.482. The fourth-order valence-electron chi connectivity index (χ4n) is 3.08. The third kappa shape index (κ3) is 6.59. The van der Waals surface area contributed by atoms with Crippen molar-refractivity contribution < 1.29 is 4.79 Å². The monoisotopic (exact) mass is 371 g/mol. The minimum Gasteiger partial charge on any atom is -0.347 e. The maximum absolute atomic E-state index is 12.6. The van der Waals surface area contributed by atoms with Crippen molar-refractivity contribution in [3.63, 3.8) is 0 Å². The van der Waals surface area contributed by atoms with Crippen molar-refractivity contribution in [3.05, 3.63) is 11.9 Å². The van der Waals surface area contributed by atoms with E-state index in [0.717, 1.165) is 38.8 Å². The van der Waals surface area contributed by atoms with Crippen LogP contribution >= 0.6 is 12.4 Å². The smallest absolute Gasteiger partial charge is 0.273 e. The normalized spacial score (nSPS) is 17.2. The summed E-state index contributed by atoms with van der Waals surface area (Å²) in [5.41, 5.74) is 0.447. The van der Waals surface area contributed by atoms with Gasteiger partial charge in [0, 0.05) is 6.04 Å². The first-order valence-electron chi connectivity index (χ1n) is 9.20. The number of amides is 1. The Morgan fingerprint density at radius 3 is 2.52 bits per heavy atom. The highest BCUT2D eigenvalue weighted by Gasteiger charge is 2.28. The van der Waals surface area contributed by atoms with Gasteiger partial charge in [0.25, 0.3) is 5.91 Å². The largest absolute Gasteiger partial charge is 0.347 e. The summed E-state index contributed by atoms with van der Waals surface area (Å²) in [5.74, 6) is 0.520. The average molecular weight is 372 g/mol. The second-order valence-electron chi connectivity index (χ2n) is 8.43. The van der Waals surface area contributed by atoms with E-state index in [-0.39, 0.29) is 29.8 Å². The van der Waals surface area contributed by atoms with Gasteiger partial charge >= 0.3 is 0 Å². The van der Waals surface area contributed by atoms with E-state index in [2.05, 4.69) is 55.6 Å². The Kier molecular flexibility index (Phi) is 8.35. The fraction of sp³-hybridized carbons (Fsp3) is 0.833. The van der Waals surface area contributed by atoms with Crippen molar-refractivity contribution in [1.29, 1.82) is 0 Å². The van der Waals surface area contributed by atoms with Crippen molar-refractivity contribution in [1.82, 2.24) is 25.6 Å². The molecule has 1 aromatic heterocycles. The molecule has 1 aliphatic heterocycles. The predicted octanol–water partition coefficient (Wildman–Crippen LogP) is 3.21. The van der Waals surface area contributed by atoms with Gasteiger partial charge < -0.3 is 10.6 Å². The van der Waals surface area contributed by atoms with Gasteiger partial charge in [0.2, 0.25) is 0 Å². The summed E-state index contributed by atoms with van der Waals surface area (Å²) >= 11 is 0. The third-order valence-corrected chi connectivity index (χ3v) is 4.81. The molecule has 0 aromatic carbocycles. The number of piperidine rings is 1. The molecule has 0 saturated carbocycles. The number of nitrogens with one attached hydrogen (secondary N) is 2. The molecule has 0 spiro atoms. The molecule has 1 aromatic rings. The fourth-order valence-corrected chi connectivity index (χ4v) is 3.08. The lowest BCUT2D eigenvalue weighted by Crippen LogP contribution is -2.44. The first kappa shape index (κ1) is 21.9. The maximum atomic E-state index is 12.6. The van der Waals surface area contributed by atoms with Gasteiger partial charge in [0.05, 0.1) is 12.2 Å². The SMILES string of the molecule is CC(C)CCC(NC(=O)c1cn(C2CCNCC2)nn1)C(C)(C)C.Cl. The van der Waals surface area contributed by atoms with Crippen LogP contribution in [0.3, 0.4) is 0 Å². The number of aromatic nitrogens is 3. The lowest BCUT2D eigenvalue weighted by atomic mass is 9.82. The molecule has 1 saturated heterocycles. The van der Waals surface area contributed by atoms with Crippen molar-refractivity contribution in [2.45, 2.75) is 72.4 Å². The van der Waals surface area contributed by atoms with E-state index in [1.165, 1.54) is 0 Å². The summed E-state index contributed by atoms with van der Waals surface area (Å²) in [7, 11) is 0. The van der Waals surface area contributed by atoms with Gasteiger partial charge in [-0.15, -0.1) is 17.5 Å². The number of hydrogen-bond acceptors (Lipinski definition) is 4. The second kappa shape index (κ2) is 9.53. The van der Waals surface area contributed by atoms with Crippen LogP contribution in [-0.2, 0) is 0 Å². The molecule has 0 bridgehead atoms. The molecular formula is C18H34ClN5O. The lowest BCUT2D eigenvalue weighted by Gasteiger charge is -2.32. The molecule has 6 nitrogen and oxygen atoms in total. The highest BCUT2D eigenvalue weighted by Crippen LogP contribution is 2.25. The van der Waals surface area contributed by atoms with Crippen LogP contribution in [0.4, 0.5) is 0 Å². The highest BCUT2D eigenvalue weighted by atomic mass is 35.5. The predicted molar refractivity (Wildman–Crippen MR) is 103 cm³/mol. The first-order valence-corrected chi connectivity index (χ1v) is 9.20. The quantitative estimate of drug-likeness (QED) is 0.805. The molecule has 1 amide bonds. The molecular weight excluding hydrogens is 338 g/mol. The van der Waals surface area contributed by atoms with Crippen LogP contribution in [0.15, 0.2) is 6.20 Å². The average Bonchev–Trinajstić information content (AvgIpc) is 3.00. The van der Waals surface area contributed by atoms with Crippen LogP contribution in [-0.4, -0.2) is 40.0 Å². The number of carbonyl (C=O) groups is 1. The molecule has 1 fully saturated rings. The zero-order chi connectivity index (χ0) is 17.7. The molecule has 1 aliphatic rings. The molecule has 25 heavy (non-hydrogen) atoms. The third-order valence-electron chi connectivity index (χ3n) is 4.81. The number of nitrogens with zero attached hydrogens (tertiary/aromatic N) is 3. The molecule has 1 unspecified atom stereocenters. The standard InChI is InChI=1S/C18H33N5O.ClH/c1-13(2)6-7-16(18(3,4)5)20-17(24)15-12-23(22-21-15)14-8-10-19-11-9-14;/h12-14,16,19H,6-11H2,1-5H3,(H,20,24);1H. The Labute approximate surface area is 157 Å². The van der Waals surface area contributed by atoms with E-state index >= 15 is 0 Å². The molecule has 2 rings (SSSR count). The summed E-state index contributed by atoms with van der Waals surface area (Å²) in [4.78, 5) is 12.6. The Morgan fingerprint density at radius 1 is 1.32 bits per heavy atom. The van der Waals surface area contributed by atoms with Crippen LogP contribution in [0.2, 0.25) is 0 Å². The van der Waals surface area contributed by atoms with Gasteiger partial charge in [-0.1, -0.05) is 39.8 Å². The van der Waals surface area contributed by atoms with Gasteiger partial charge in [-0.05, 0) is 50.1 Å². The molecule has 7 heteroatoms. The first-order chi connectivity index (χ1) is 11.3. The van der Waals surface area contributed by atoms with Gasteiger partial charge in [-0.2, -0.15) is 0 Å². The maximum Gasteiger partial charge on any atom is 0.273 e. The molecule has 0 radical (unpaired) electrons. The van der Waals surface area contributed by atoms with Crippen LogP contribution in [0.1, 0.15) is 76.8 Å². The van der Waals surface area contributed by atoms with E-state index in [0.29, 0.717) is 17.7 Å². The number of hydrogen-bond donors (Lipinski definition) is 2. The summed E-state index contributed by atoms with van der Waals surface area (Å²) in [6.45, 7) is 12.9. The lowest BCUT2D eigenvalue weighted by molar-refractivity contribution is 0.0889. The van der Waals surface area contributed by atoms with Crippen LogP contribution in [0, 0.1) is 11.3 Å². The van der Waals surface area contributed by atoms with Crippen LogP contribution in [0.25, 0.3) is 0 Å². The highest BCUT2D eigenvalue weighted by molar-refractivity contribution is 5.92. The van der Waals surface area contributed by atoms with Crippen LogP contribution in [0.5, 0.6) is 0 Å².